The normalized spacial score (nSPS) is 21.2. The van der Waals surface area contributed by atoms with Gasteiger partial charge in [0, 0.05) is 0 Å². The summed E-state index contributed by atoms with van der Waals surface area (Å²) < 4.78 is 10.7. The van der Waals surface area contributed by atoms with Gasteiger partial charge in [0.1, 0.15) is 24.7 Å². The molecule has 19 heavy (non-hydrogen) atoms. The Bertz CT molecular complexity index is 458. The van der Waals surface area contributed by atoms with Gasteiger partial charge in [-0.25, -0.2) is 4.79 Å². The number of nitrogens with zero attached hydrogens (tertiary/aromatic N) is 1. The Morgan fingerprint density at radius 3 is 2.79 bits per heavy atom. The minimum absolute atomic E-state index is 0.178. The molecule has 1 aliphatic heterocycles. The molecule has 0 spiro atoms. The van der Waals surface area contributed by atoms with Gasteiger partial charge in [-0.05, 0) is 19.4 Å². The van der Waals surface area contributed by atoms with Crippen LogP contribution in [0.5, 0.6) is 0 Å². The largest absolute Gasteiger partial charge is 0.444 e. The van der Waals surface area contributed by atoms with E-state index < -0.39 is 17.9 Å². The molecule has 0 aliphatic carbocycles. The Kier molecular flexibility index (Phi) is 3.85. The van der Waals surface area contributed by atoms with Gasteiger partial charge in [-0.2, -0.15) is 0 Å². The highest BCUT2D eigenvalue weighted by atomic mass is 16.6. The van der Waals surface area contributed by atoms with Crippen LogP contribution in [0.2, 0.25) is 0 Å². The molecule has 1 atom stereocenters. The third kappa shape index (κ3) is 2.93. The van der Waals surface area contributed by atoms with Crippen molar-refractivity contribution in [3.05, 3.63) is 35.9 Å². The Morgan fingerprint density at radius 1 is 1.47 bits per heavy atom. The first-order valence-electron chi connectivity index (χ1n) is 6.14. The standard InChI is InChI=1S/C14H17NO4/c1-14(2)15(12(8-16)10-19-14)13(17)18-9-11-6-4-3-5-7-11/h3-8,12H,9-10H2,1-2H3/t12-/m0/s1. The molecular formula is C14H17NO4. The lowest BCUT2D eigenvalue weighted by Crippen LogP contribution is -2.48. The highest BCUT2D eigenvalue weighted by Crippen LogP contribution is 2.27. The summed E-state index contributed by atoms with van der Waals surface area (Å²) in [4.78, 5) is 24.4. The maximum absolute atomic E-state index is 12.1. The van der Waals surface area contributed by atoms with Crippen molar-refractivity contribution in [1.82, 2.24) is 4.90 Å². The first kappa shape index (κ1) is 13.5. The van der Waals surface area contributed by atoms with Crippen molar-refractivity contribution in [2.75, 3.05) is 6.61 Å². The third-order valence-corrected chi connectivity index (χ3v) is 3.08. The van der Waals surface area contributed by atoms with Crippen LogP contribution in [-0.2, 0) is 20.9 Å². The Hall–Kier alpha value is -1.88. The first-order chi connectivity index (χ1) is 9.04. The van der Waals surface area contributed by atoms with E-state index in [1.165, 1.54) is 4.90 Å². The predicted molar refractivity (Wildman–Crippen MR) is 68.3 cm³/mol. The maximum atomic E-state index is 12.1. The lowest BCUT2D eigenvalue weighted by Gasteiger charge is -2.30. The van der Waals surface area contributed by atoms with E-state index in [1.807, 2.05) is 30.3 Å². The topological polar surface area (TPSA) is 55.8 Å². The van der Waals surface area contributed by atoms with Gasteiger partial charge in [-0.15, -0.1) is 0 Å². The number of hydrogen-bond donors (Lipinski definition) is 0. The van der Waals surface area contributed by atoms with Gasteiger partial charge in [0.25, 0.3) is 0 Å². The van der Waals surface area contributed by atoms with Crippen LogP contribution < -0.4 is 0 Å². The van der Waals surface area contributed by atoms with Crippen LogP contribution >= 0.6 is 0 Å². The SMILES string of the molecule is CC1(C)OC[C@H](C=O)N1C(=O)OCc1ccccc1. The van der Waals surface area contributed by atoms with Gasteiger partial charge in [0.2, 0.25) is 0 Å². The van der Waals surface area contributed by atoms with E-state index in [4.69, 9.17) is 9.47 Å². The minimum Gasteiger partial charge on any atom is -0.444 e. The number of amides is 1. The van der Waals surface area contributed by atoms with E-state index in [0.29, 0.717) is 6.29 Å². The molecule has 0 N–H and O–H groups in total. The molecule has 0 unspecified atom stereocenters. The van der Waals surface area contributed by atoms with Gasteiger partial charge >= 0.3 is 6.09 Å². The van der Waals surface area contributed by atoms with Gasteiger partial charge < -0.3 is 14.3 Å². The molecule has 1 amide bonds. The smallest absolute Gasteiger partial charge is 0.413 e. The average molecular weight is 263 g/mol. The zero-order valence-electron chi connectivity index (χ0n) is 11.0. The minimum atomic E-state index is -0.820. The molecule has 0 bridgehead atoms. The Labute approximate surface area is 112 Å². The van der Waals surface area contributed by atoms with Crippen molar-refractivity contribution in [1.29, 1.82) is 0 Å². The van der Waals surface area contributed by atoms with Crippen molar-refractivity contribution in [3.8, 4) is 0 Å². The van der Waals surface area contributed by atoms with E-state index >= 15 is 0 Å². The highest BCUT2D eigenvalue weighted by Gasteiger charge is 2.44. The summed E-state index contributed by atoms with van der Waals surface area (Å²) in [6.45, 7) is 3.86. The number of benzene rings is 1. The molecule has 102 valence electrons. The maximum Gasteiger partial charge on any atom is 0.413 e. The number of hydrogen-bond acceptors (Lipinski definition) is 4. The molecule has 1 aromatic rings. The molecule has 1 aromatic carbocycles. The number of ether oxygens (including phenoxy) is 2. The molecule has 1 fully saturated rings. The lowest BCUT2D eigenvalue weighted by molar-refractivity contribution is -0.112. The van der Waals surface area contributed by atoms with Crippen LogP contribution in [0, 0.1) is 0 Å². The van der Waals surface area contributed by atoms with Gasteiger partial charge in [0.05, 0.1) is 6.61 Å². The monoisotopic (exact) mass is 263 g/mol. The summed E-state index contributed by atoms with van der Waals surface area (Å²) in [6, 6.07) is 8.80. The van der Waals surface area contributed by atoms with Crippen molar-refractivity contribution >= 4 is 12.4 Å². The van der Waals surface area contributed by atoms with Gasteiger partial charge in [-0.3, -0.25) is 4.90 Å². The van der Waals surface area contributed by atoms with Crippen molar-refractivity contribution in [2.24, 2.45) is 0 Å². The first-order valence-corrected chi connectivity index (χ1v) is 6.14. The molecule has 1 heterocycles. The summed E-state index contributed by atoms with van der Waals surface area (Å²) >= 11 is 0. The van der Waals surface area contributed by atoms with Crippen molar-refractivity contribution < 1.29 is 19.1 Å². The fourth-order valence-corrected chi connectivity index (χ4v) is 2.08. The second-order valence-corrected chi connectivity index (χ2v) is 4.87. The van der Waals surface area contributed by atoms with E-state index in [1.54, 1.807) is 13.8 Å². The van der Waals surface area contributed by atoms with E-state index in [2.05, 4.69) is 0 Å². The Morgan fingerprint density at radius 2 is 2.16 bits per heavy atom. The van der Waals surface area contributed by atoms with E-state index in [0.717, 1.165) is 5.56 Å². The van der Waals surface area contributed by atoms with Crippen LogP contribution in [0.1, 0.15) is 19.4 Å². The van der Waals surface area contributed by atoms with Crippen LogP contribution in [0.15, 0.2) is 30.3 Å². The van der Waals surface area contributed by atoms with Crippen molar-refractivity contribution in [3.63, 3.8) is 0 Å². The quantitative estimate of drug-likeness (QED) is 0.782. The molecule has 5 heteroatoms. The molecule has 0 saturated carbocycles. The summed E-state index contributed by atoms with van der Waals surface area (Å²) in [5.74, 6) is 0. The molecule has 2 rings (SSSR count). The highest BCUT2D eigenvalue weighted by molar-refractivity contribution is 5.75. The number of carbonyl (C=O) groups is 2. The molecular weight excluding hydrogens is 246 g/mol. The zero-order chi connectivity index (χ0) is 13.9. The van der Waals surface area contributed by atoms with Crippen LogP contribution in [0.3, 0.4) is 0 Å². The van der Waals surface area contributed by atoms with E-state index in [-0.39, 0.29) is 13.2 Å². The summed E-state index contributed by atoms with van der Waals surface area (Å²) in [5, 5.41) is 0. The van der Waals surface area contributed by atoms with E-state index in [9.17, 15) is 9.59 Å². The second kappa shape index (κ2) is 5.40. The third-order valence-electron chi connectivity index (χ3n) is 3.08. The average Bonchev–Trinajstić information content (AvgIpc) is 2.72. The fourth-order valence-electron chi connectivity index (χ4n) is 2.08. The van der Waals surface area contributed by atoms with Crippen molar-refractivity contribution in [2.45, 2.75) is 32.2 Å². The number of rotatable bonds is 3. The number of carbonyl (C=O) groups excluding carboxylic acids is 2. The van der Waals surface area contributed by atoms with Crippen LogP contribution in [-0.4, -0.2) is 35.7 Å². The van der Waals surface area contributed by atoms with Gasteiger partial charge in [-0.1, -0.05) is 30.3 Å². The Balaban J connectivity index is 2.00. The predicted octanol–water partition coefficient (Wildman–Crippen LogP) is 1.96. The molecule has 0 radical (unpaired) electrons. The second-order valence-electron chi connectivity index (χ2n) is 4.87. The number of aldehydes is 1. The van der Waals surface area contributed by atoms with Crippen LogP contribution in [0.4, 0.5) is 4.79 Å². The summed E-state index contributed by atoms with van der Waals surface area (Å²) in [6.07, 6.45) is 0.168. The summed E-state index contributed by atoms with van der Waals surface area (Å²) in [7, 11) is 0. The van der Waals surface area contributed by atoms with Gasteiger partial charge in [0.15, 0.2) is 0 Å². The molecule has 1 aliphatic rings. The summed E-state index contributed by atoms with van der Waals surface area (Å²) in [5.41, 5.74) is 0.0794. The zero-order valence-corrected chi connectivity index (χ0v) is 11.0. The molecule has 0 aromatic heterocycles. The molecule has 5 nitrogen and oxygen atoms in total. The molecule has 1 saturated heterocycles. The van der Waals surface area contributed by atoms with Crippen LogP contribution in [0.25, 0.3) is 0 Å². The fraction of sp³-hybridized carbons (Fsp3) is 0.429. The lowest BCUT2D eigenvalue weighted by atomic mass is 10.2.